The Labute approximate surface area is 141 Å². The molecule has 2 aliphatic heterocycles. The third-order valence-corrected chi connectivity index (χ3v) is 5.58. The van der Waals surface area contributed by atoms with E-state index in [9.17, 15) is 9.18 Å². The van der Waals surface area contributed by atoms with Gasteiger partial charge in [-0.3, -0.25) is 14.6 Å². The Morgan fingerprint density at radius 3 is 3.00 bits per heavy atom. The Bertz CT molecular complexity index is 597. The van der Waals surface area contributed by atoms with Gasteiger partial charge in [0.05, 0.1) is 0 Å². The van der Waals surface area contributed by atoms with E-state index in [0.29, 0.717) is 18.0 Å². The van der Waals surface area contributed by atoms with Crippen LogP contribution < -0.4 is 5.32 Å². The third kappa shape index (κ3) is 3.67. The predicted octanol–water partition coefficient (Wildman–Crippen LogP) is 2.27. The van der Waals surface area contributed by atoms with Crippen molar-refractivity contribution in [1.29, 1.82) is 0 Å². The number of hydrogen-bond donors (Lipinski definition) is 1. The van der Waals surface area contributed by atoms with E-state index >= 15 is 0 Å². The van der Waals surface area contributed by atoms with Crippen molar-refractivity contribution in [2.75, 3.05) is 33.2 Å². The lowest BCUT2D eigenvalue weighted by molar-refractivity contribution is -0.121. The highest BCUT2D eigenvalue weighted by Gasteiger charge is 2.40. The van der Waals surface area contributed by atoms with Gasteiger partial charge in [-0.05, 0) is 43.7 Å². The molecule has 2 saturated heterocycles. The van der Waals surface area contributed by atoms with Crippen molar-refractivity contribution in [2.45, 2.75) is 31.3 Å². The van der Waals surface area contributed by atoms with E-state index in [1.165, 1.54) is 12.1 Å². The summed E-state index contributed by atoms with van der Waals surface area (Å²) in [5.41, 5.74) is 0.839. The molecule has 0 saturated carbocycles. The Morgan fingerprint density at radius 2 is 2.17 bits per heavy atom. The van der Waals surface area contributed by atoms with E-state index in [-0.39, 0.29) is 17.3 Å². The molecule has 3 rings (SSSR count). The van der Waals surface area contributed by atoms with Crippen LogP contribution in [0.1, 0.15) is 24.8 Å². The molecule has 1 amide bonds. The molecule has 23 heavy (non-hydrogen) atoms. The molecule has 0 aromatic heterocycles. The second-order valence-electron chi connectivity index (χ2n) is 6.69. The molecule has 2 fully saturated rings. The van der Waals surface area contributed by atoms with E-state index in [2.05, 4.69) is 22.2 Å². The molecular weight excluding hydrogens is 317 g/mol. The Morgan fingerprint density at radius 1 is 1.35 bits per heavy atom. The number of carbonyl (C=O) groups is 1. The lowest BCUT2D eigenvalue weighted by atomic mass is 9.86. The summed E-state index contributed by atoms with van der Waals surface area (Å²) in [4.78, 5) is 16.4. The first-order valence-corrected chi connectivity index (χ1v) is 8.51. The molecule has 1 aromatic carbocycles. The van der Waals surface area contributed by atoms with Gasteiger partial charge in [0.25, 0.3) is 0 Å². The lowest BCUT2D eigenvalue weighted by Crippen LogP contribution is -2.60. The molecule has 1 N–H and O–H groups in total. The van der Waals surface area contributed by atoms with Crippen LogP contribution in [0.5, 0.6) is 0 Å². The van der Waals surface area contributed by atoms with Crippen LogP contribution in [-0.2, 0) is 11.3 Å². The second kappa shape index (κ2) is 6.75. The van der Waals surface area contributed by atoms with Gasteiger partial charge in [-0.2, -0.15) is 0 Å². The van der Waals surface area contributed by atoms with Crippen molar-refractivity contribution in [1.82, 2.24) is 15.1 Å². The molecule has 0 radical (unpaired) electrons. The number of piperazine rings is 1. The van der Waals surface area contributed by atoms with Gasteiger partial charge in [-0.15, -0.1) is 0 Å². The van der Waals surface area contributed by atoms with Crippen LogP contribution in [0.3, 0.4) is 0 Å². The Hall–Kier alpha value is -1.17. The summed E-state index contributed by atoms with van der Waals surface area (Å²) in [6.45, 7) is 4.12. The van der Waals surface area contributed by atoms with Crippen molar-refractivity contribution >= 4 is 17.5 Å². The number of likely N-dealkylation sites (N-methyl/N-ethyl adjacent to an activating group) is 1. The smallest absolute Gasteiger partial charge is 0.220 e. The maximum Gasteiger partial charge on any atom is 0.220 e. The van der Waals surface area contributed by atoms with E-state index in [0.717, 1.165) is 44.6 Å². The molecule has 126 valence electrons. The van der Waals surface area contributed by atoms with Crippen molar-refractivity contribution in [3.63, 3.8) is 0 Å². The number of nitrogens with one attached hydrogen (secondary N) is 1. The fourth-order valence-electron chi connectivity index (χ4n) is 3.72. The van der Waals surface area contributed by atoms with Gasteiger partial charge in [0.2, 0.25) is 5.91 Å². The monoisotopic (exact) mass is 339 g/mol. The third-order valence-electron chi connectivity index (χ3n) is 5.21. The average molecular weight is 340 g/mol. The minimum absolute atomic E-state index is 0.0111. The Balaban J connectivity index is 1.74. The quantitative estimate of drug-likeness (QED) is 0.897. The first-order chi connectivity index (χ1) is 11.0. The lowest BCUT2D eigenvalue weighted by Gasteiger charge is -2.49. The van der Waals surface area contributed by atoms with Crippen LogP contribution in [0.4, 0.5) is 4.39 Å². The van der Waals surface area contributed by atoms with Gasteiger partial charge in [-0.1, -0.05) is 11.6 Å². The molecule has 1 atom stereocenters. The van der Waals surface area contributed by atoms with E-state index < -0.39 is 0 Å². The second-order valence-corrected chi connectivity index (χ2v) is 7.10. The summed E-state index contributed by atoms with van der Waals surface area (Å²) in [6.07, 6.45) is 2.38. The molecule has 4 nitrogen and oxygen atoms in total. The molecule has 0 bridgehead atoms. The SMILES string of the molecule is CN1CCN(Cc2cc(F)ccc2Cl)C[C@]12CCNC(=O)CC2. The number of hydrogen-bond acceptors (Lipinski definition) is 3. The molecule has 2 aliphatic rings. The molecule has 1 spiro atoms. The standard InChI is InChI=1S/C17H23ClFN3O/c1-21-8-9-22(11-13-10-14(19)2-3-15(13)18)12-17(21)5-4-16(23)20-7-6-17/h2-3,10H,4-9,11-12H2,1H3,(H,20,23)/t17-/m0/s1. The van der Waals surface area contributed by atoms with Crippen LogP contribution in [0.15, 0.2) is 18.2 Å². The zero-order valence-electron chi connectivity index (χ0n) is 13.4. The van der Waals surface area contributed by atoms with Gasteiger partial charge >= 0.3 is 0 Å². The van der Waals surface area contributed by atoms with Crippen LogP contribution >= 0.6 is 11.6 Å². The van der Waals surface area contributed by atoms with Gasteiger partial charge in [0, 0.05) is 49.7 Å². The number of rotatable bonds is 2. The van der Waals surface area contributed by atoms with Gasteiger partial charge in [0.15, 0.2) is 0 Å². The number of benzene rings is 1. The summed E-state index contributed by atoms with van der Waals surface area (Å²) in [5, 5.41) is 3.57. The van der Waals surface area contributed by atoms with Crippen molar-refractivity contribution < 1.29 is 9.18 Å². The van der Waals surface area contributed by atoms with E-state index in [1.54, 1.807) is 6.07 Å². The largest absolute Gasteiger partial charge is 0.356 e. The van der Waals surface area contributed by atoms with E-state index in [4.69, 9.17) is 11.6 Å². The van der Waals surface area contributed by atoms with Crippen molar-refractivity contribution in [3.05, 3.63) is 34.6 Å². The first-order valence-electron chi connectivity index (χ1n) is 8.13. The first kappa shape index (κ1) is 16.7. The molecule has 1 aromatic rings. The minimum Gasteiger partial charge on any atom is -0.356 e. The predicted molar refractivity (Wildman–Crippen MR) is 88.9 cm³/mol. The number of amides is 1. The van der Waals surface area contributed by atoms with Crippen LogP contribution in [0, 0.1) is 5.82 Å². The highest BCUT2D eigenvalue weighted by molar-refractivity contribution is 6.31. The maximum atomic E-state index is 13.5. The number of nitrogens with zero attached hydrogens (tertiary/aromatic N) is 2. The summed E-state index contributed by atoms with van der Waals surface area (Å²) < 4.78 is 13.5. The molecule has 0 aliphatic carbocycles. The zero-order chi connectivity index (χ0) is 16.4. The van der Waals surface area contributed by atoms with Gasteiger partial charge in [0.1, 0.15) is 5.82 Å². The Kier molecular flexibility index (Phi) is 4.90. The average Bonchev–Trinajstić information content (AvgIpc) is 2.70. The summed E-state index contributed by atoms with van der Waals surface area (Å²) >= 11 is 6.21. The highest BCUT2D eigenvalue weighted by atomic mass is 35.5. The number of halogens is 2. The van der Waals surface area contributed by atoms with E-state index in [1.807, 2.05) is 0 Å². The van der Waals surface area contributed by atoms with Crippen LogP contribution in [-0.4, -0.2) is 54.5 Å². The van der Waals surface area contributed by atoms with Gasteiger partial charge < -0.3 is 5.32 Å². The number of carbonyl (C=O) groups excluding carboxylic acids is 1. The fraction of sp³-hybridized carbons (Fsp3) is 0.588. The summed E-state index contributed by atoms with van der Waals surface area (Å²) in [6, 6.07) is 4.53. The molecule has 0 unspecified atom stereocenters. The molecule has 6 heteroatoms. The fourth-order valence-corrected chi connectivity index (χ4v) is 3.90. The van der Waals surface area contributed by atoms with Crippen molar-refractivity contribution in [2.24, 2.45) is 0 Å². The van der Waals surface area contributed by atoms with Crippen molar-refractivity contribution in [3.8, 4) is 0 Å². The van der Waals surface area contributed by atoms with Crippen LogP contribution in [0.2, 0.25) is 5.02 Å². The molecular formula is C17H23ClFN3O. The normalized spacial score (nSPS) is 27.0. The summed E-state index contributed by atoms with van der Waals surface area (Å²) in [7, 11) is 2.14. The van der Waals surface area contributed by atoms with Gasteiger partial charge in [-0.25, -0.2) is 4.39 Å². The summed E-state index contributed by atoms with van der Waals surface area (Å²) in [5.74, 6) is -0.113. The topological polar surface area (TPSA) is 35.6 Å². The zero-order valence-corrected chi connectivity index (χ0v) is 14.2. The molecule has 2 heterocycles. The highest BCUT2D eigenvalue weighted by Crippen LogP contribution is 2.31. The minimum atomic E-state index is -0.252. The van der Waals surface area contributed by atoms with Crippen LogP contribution in [0.25, 0.3) is 0 Å². The maximum absolute atomic E-state index is 13.5.